The third-order valence-corrected chi connectivity index (χ3v) is 5.71. The first kappa shape index (κ1) is 18.7. The fourth-order valence-corrected chi connectivity index (χ4v) is 3.73. The van der Waals surface area contributed by atoms with Crippen LogP contribution >= 0.6 is 0 Å². The zero-order valence-electron chi connectivity index (χ0n) is 16.3. The predicted octanol–water partition coefficient (Wildman–Crippen LogP) is 3.16. The molecular weight excluding hydrogens is 354 g/mol. The Balaban J connectivity index is 1.42. The average Bonchev–Trinajstić information content (AvgIpc) is 3.41. The lowest BCUT2D eigenvalue weighted by atomic mass is 10.0. The van der Waals surface area contributed by atoms with Crippen molar-refractivity contribution in [3.63, 3.8) is 0 Å². The molecule has 0 unspecified atom stereocenters. The molecular formula is C22H27N3O3. The summed E-state index contributed by atoms with van der Waals surface area (Å²) in [5.74, 6) is 0.838. The van der Waals surface area contributed by atoms with E-state index >= 15 is 0 Å². The van der Waals surface area contributed by atoms with Crippen LogP contribution < -0.4 is 10.2 Å². The van der Waals surface area contributed by atoms with Gasteiger partial charge in [-0.2, -0.15) is 0 Å². The fourth-order valence-electron chi connectivity index (χ4n) is 3.73. The summed E-state index contributed by atoms with van der Waals surface area (Å²) in [7, 11) is 1.67. The fraction of sp³-hybridized carbons (Fsp3) is 0.455. The number of anilines is 1. The van der Waals surface area contributed by atoms with Crippen LogP contribution in [0, 0.1) is 5.92 Å². The first-order chi connectivity index (χ1) is 13.6. The zero-order valence-corrected chi connectivity index (χ0v) is 16.3. The van der Waals surface area contributed by atoms with Gasteiger partial charge in [-0.25, -0.2) is 0 Å². The van der Waals surface area contributed by atoms with E-state index in [1.165, 1.54) is 24.0 Å². The van der Waals surface area contributed by atoms with Crippen LogP contribution in [0.25, 0.3) is 0 Å². The number of furan rings is 1. The Morgan fingerprint density at radius 3 is 2.54 bits per heavy atom. The van der Waals surface area contributed by atoms with E-state index in [9.17, 15) is 9.59 Å². The van der Waals surface area contributed by atoms with E-state index in [1.807, 2.05) is 17.0 Å². The highest BCUT2D eigenvalue weighted by Crippen LogP contribution is 2.28. The molecule has 6 heteroatoms. The molecule has 6 nitrogen and oxygen atoms in total. The van der Waals surface area contributed by atoms with Crippen LogP contribution in [0.3, 0.4) is 0 Å². The molecule has 4 rings (SSSR count). The molecule has 0 radical (unpaired) electrons. The SMILES string of the molecule is CN(C(=O)c1ccco1)c1ccccc1C(=O)N1CCC(NCC2CC2)CC1. The van der Waals surface area contributed by atoms with E-state index in [0.717, 1.165) is 38.4 Å². The quantitative estimate of drug-likeness (QED) is 0.835. The van der Waals surface area contributed by atoms with Crippen LogP contribution in [0.5, 0.6) is 0 Å². The number of piperidine rings is 1. The van der Waals surface area contributed by atoms with E-state index in [2.05, 4.69) is 5.32 Å². The zero-order chi connectivity index (χ0) is 19.5. The Morgan fingerprint density at radius 2 is 1.86 bits per heavy atom. The number of carbonyl (C=O) groups is 2. The van der Waals surface area contributed by atoms with E-state index in [4.69, 9.17) is 4.42 Å². The van der Waals surface area contributed by atoms with Gasteiger partial charge < -0.3 is 19.5 Å². The van der Waals surface area contributed by atoms with Gasteiger partial charge in [0.15, 0.2) is 5.76 Å². The Labute approximate surface area is 165 Å². The number of carbonyl (C=O) groups excluding carboxylic acids is 2. The molecule has 2 aliphatic rings. The summed E-state index contributed by atoms with van der Waals surface area (Å²) < 4.78 is 5.22. The molecule has 1 aliphatic carbocycles. The summed E-state index contributed by atoms with van der Waals surface area (Å²) in [6.07, 6.45) is 6.12. The molecule has 0 bridgehead atoms. The smallest absolute Gasteiger partial charge is 0.293 e. The van der Waals surface area contributed by atoms with E-state index in [-0.39, 0.29) is 17.6 Å². The molecule has 1 aromatic heterocycles. The Hall–Kier alpha value is -2.60. The minimum absolute atomic E-state index is 0.0182. The second-order valence-electron chi connectivity index (χ2n) is 7.78. The van der Waals surface area contributed by atoms with Crippen molar-refractivity contribution in [1.29, 1.82) is 0 Å². The summed E-state index contributed by atoms with van der Waals surface area (Å²) in [6, 6.07) is 11.1. The number of nitrogens with one attached hydrogen (secondary N) is 1. The van der Waals surface area contributed by atoms with Gasteiger partial charge >= 0.3 is 0 Å². The number of para-hydroxylation sites is 1. The number of amides is 2. The normalized spacial score (nSPS) is 17.5. The summed E-state index contributed by atoms with van der Waals surface area (Å²) in [5, 5.41) is 3.64. The second kappa shape index (κ2) is 8.19. The molecule has 1 aromatic carbocycles. The molecule has 2 heterocycles. The summed E-state index contributed by atoms with van der Waals surface area (Å²) in [6.45, 7) is 2.60. The molecule has 1 saturated heterocycles. The number of likely N-dealkylation sites (tertiary alicyclic amines) is 1. The highest BCUT2D eigenvalue weighted by atomic mass is 16.3. The van der Waals surface area contributed by atoms with Gasteiger partial charge in [0.1, 0.15) is 0 Å². The van der Waals surface area contributed by atoms with Gasteiger partial charge in [0.2, 0.25) is 0 Å². The summed E-state index contributed by atoms with van der Waals surface area (Å²) in [5.41, 5.74) is 1.15. The maximum absolute atomic E-state index is 13.2. The standard InChI is InChI=1S/C22H27N3O3/c1-24(22(27)20-7-4-14-28-20)19-6-3-2-5-18(19)21(26)25-12-10-17(11-13-25)23-15-16-8-9-16/h2-7,14,16-17,23H,8-13,15H2,1H3. The van der Waals surface area contributed by atoms with Crippen molar-refractivity contribution >= 4 is 17.5 Å². The molecule has 2 amide bonds. The lowest BCUT2D eigenvalue weighted by molar-refractivity contribution is 0.0705. The summed E-state index contributed by atoms with van der Waals surface area (Å²) >= 11 is 0. The molecule has 2 fully saturated rings. The van der Waals surface area contributed by atoms with Crippen molar-refractivity contribution in [2.45, 2.75) is 31.7 Å². The second-order valence-corrected chi connectivity index (χ2v) is 7.78. The van der Waals surface area contributed by atoms with Gasteiger partial charge in [-0.05, 0) is 62.4 Å². The predicted molar refractivity (Wildman–Crippen MR) is 108 cm³/mol. The summed E-state index contributed by atoms with van der Waals surface area (Å²) in [4.78, 5) is 29.2. The maximum Gasteiger partial charge on any atom is 0.293 e. The minimum atomic E-state index is -0.270. The van der Waals surface area contributed by atoms with Gasteiger partial charge in [-0.15, -0.1) is 0 Å². The molecule has 1 N–H and O–H groups in total. The van der Waals surface area contributed by atoms with E-state index < -0.39 is 0 Å². The molecule has 1 aliphatic heterocycles. The third-order valence-electron chi connectivity index (χ3n) is 5.71. The van der Waals surface area contributed by atoms with Crippen LogP contribution in [0.15, 0.2) is 47.1 Å². The van der Waals surface area contributed by atoms with Gasteiger partial charge in [0.05, 0.1) is 17.5 Å². The number of rotatable bonds is 6. The van der Waals surface area contributed by atoms with E-state index in [1.54, 1.807) is 31.3 Å². The third kappa shape index (κ3) is 4.12. The van der Waals surface area contributed by atoms with Gasteiger partial charge in [-0.3, -0.25) is 9.59 Å². The first-order valence-electron chi connectivity index (χ1n) is 10.1. The Kier molecular flexibility index (Phi) is 5.48. The van der Waals surface area contributed by atoms with Crippen LogP contribution in [0.4, 0.5) is 5.69 Å². The van der Waals surface area contributed by atoms with Crippen molar-refractivity contribution < 1.29 is 14.0 Å². The van der Waals surface area contributed by atoms with Crippen LogP contribution in [0.1, 0.15) is 46.6 Å². The monoisotopic (exact) mass is 381 g/mol. The minimum Gasteiger partial charge on any atom is -0.459 e. The number of nitrogens with zero attached hydrogens (tertiary/aromatic N) is 2. The molecule has 148 valence electrons. The largest absolute Gasteiger partial charge is 0.459 e. The molecule has 2 aromatic rings. The van der Waals surface area contributed by atoms with Gasteiger partial charge in [-0.1, -0.05) is 12.1 Å². The van der Waals surface area contributed by atoms with Gasteiger partial charge in [0.25, 0.3) is 11.8 Å². The van der Waals surface area contributed by atoms with Crippen molar-refractivity contribution in [2.24, 2.45) is 5.92 Å². The average molecular weight is 381 g/mol. The van der Waals surface area contributed by atoms with E-state index in [0.29, 0.717) is 17.3 Å². The van der Waals surface area contributed by atoms with Gasteiger partial charge in [0, 0.05) is 26.2 Å². The van der Waals surface area contributed by atoms with Crippen LogP contribution in [-0.4, -0.2) is 49.4 Å². The lowest BCUT2D eigenvalue weighted by Crippen LogP contribution is -2.45. The highest BCUT2D eigenvalue weighted by Gasteiger charge is 2.28. The number of benzene rings is 1. The van der Waals surface area contributed by atoms with Crippen LogP contribution in [0.2, 0.25) is 0 Å². The van der Waals surface area contributed by atoms with Crippen molar-refractivity contribution in [2.75, 3.05) is 31.6 Å². The Bertz CT molecular complexity index is 821. The lowest BCUT2D eigenvalue weighted by Gasteiger charge is -2.33. The number of hydrogen-bond acceptors (Lipinski definition) is 4. The van der Waals surface area contributed by atoms with Crippen molar-refractivity contribution in [3.05, 3.63) is 54.0 Å². The molecule has 1 saturated carbocycles. The molecule has 0 spiro atoms. The maximum atomic E-state index is 13.2. The number of hydrogen-bond donors (Lipinski definition) is 1. The first-order valence-corrected chi connectivity index (χ1v) is 10.1. The van der Waals surface area contributed by atoms with Crippen molar-refractivity contribution in [1.82, 2.24) is 10.2 Å². The Morgan fingerprint density at radius 1 is 1.11 bits per heavy atom. The molecule has 28 heavy (non-hydrogen) atoms. The topological polar surface area (TPSA) is 65.8 Å². The highest BCUT2D eigenvalue weighted by molar-refractivity contribution is 6.09. The molecule has 0 atom stereocenters. The van der Waals surface area contributed by atoms with Crippen molar-refractivity contribution in [3.8, 4) is 0 Å². The van der Waals surface area contributed by atoms with Crippen LogP contribution in [-0.2, 0) is 0 Å².